The van der Waals surface area contributed by atoms with Crippen molar-refractivity contribution in [2.45, 2.75) is 13.5 Å². The highest BCUT2D eigenvalue weighted by atomic mass is 19.1. The maximum atomic E-state index is 13.7. The Morgan fingerprint density at radius 2 is 1.84 bits per heavy atom. The molecule has 32 heavy (non-hydrogen) atoms. The summed E-state index contributed by atoms with van der Waals surface area (Å²) in [6.45, 7) is 1.54. The minimum atomic E-state index is -0.608. The van der Waals surface area contributed by atoms with E-state index in [0.717, 1.165) is 11.2 Å². The SMILES string of the molecule is Cc1cccn2cc(COC(=O)c3ccccc3OCC(=O)Nc3ccccc3F)nc12. The number of nitrogens with one attached hydrogen (secondary N) is 1. The van der Waals surface area contributed by atoms with Gasteiger partial charge in [-0.25, -0.2) is 14.2 Å². The summed E-state index contributed by atoms with van der Waals surface area (Å²) >= 11 is 0. The summed E-state index contributed by atoms with van der Waals surface area (Å²) in [4.78, 5) is 29.2. The number of carbonyl (C=O) groups is 2. The molecule has 2 heterocycles. The van der Waals surface area contributed by atoms with Crippen molar-refractivity contribution >= 4 is 23.2 Å². The first-order chi connectivity index (χ1) is 15.5. The van der Waals surface area contributed by atoms with Crippen molar-refractivity contribution in [3.05, 3.63) is 95.7 Å². The Morgan fingerprint density at radius 1 is 1.06 bits per heavy atom. The van der Waals surface area contributed by atoms with Gasteiger partial charge in [0, 0.05) is 12.4 Å². The molecule has 0 fully saturated rings. The number of aryl methyl sites for hydroxylation is 1. The molecule has 4 rings (SSSR count). The number of para-hydroxylation sites is 2. The molecule has 8 heteroatoms. The van der Waals surface area contributed by atoms with Crippen LogP contribution in [0, 0.1) is 12.7 Å². The molecule has 2 aromatic heterocycles. The monoisotopic (exact) mass is 433 g/mol. The lowest BCUT2D eigenvalue weighted by molar-refractivity contribution is -0.118. The molecule has 0 saturated heterocycles. The normalized spacial score (nSPS) is 10.7. The highest BCUT2D eigenvalue weighted by Gasteiger charge is 2.16. The van der Waals surface area contributed by atoms with Gasteiger partial charge in [-0.3, -0.25) is 4.79 Å². The summed E-state index contributed by atoms with van der Waals surface area (Å²) in [6.07, 6.45) is 3.67. The smallest absolute Gasteiger partial charge is 0.342 e. The van der Waals surface area contributed by atoms with Gasteiger partial charge in [0.1, 0.15) is 29.4 Å². The Morgan fingerprint density at radius 3 is 2.66 bits per heavy atom. The van der Waals surface area contributed by atoms with Crippen molar-refractivity contribution in [2.24, 2.45) is 0 Å². The van der Waals surface area contributed by atoms with Crippen molar-refractivity contribution in [3.63, 3.8) is 0 Å². The lowest BCUT2D eigenvalue weighted by Crippen LogP contribution is -2.21. The lowest BCUT2D eigenvalue weighted by atomic mass is 10.2. The van der Waals surface area contributed by atoms with Crippen LogP contribution in [0.3, 0.4) is 0 Å². The van der Waals surface area contributed by atoms with Crippen molar-refractivity contribution in [1.29, 1.82) is 0 Å². The second-order valence-electron chi connectivity index (χ2n) is 7.04. The van der Waals surface area contributed by atoms with E-state index in [1.807, 2.05) is 29.7 Å². The number of esters is 1. The summed E-state index contributed by atoms with van der Waals surface area (Å²) in [5, 5.41) is 2.43. The summed E-state index contributed by atoms with van der Waals surface area (Å²) < 4.78 is 26.4. The molecular weight excluding hydrogens is 413 g/mol. The van der Waals surface area contributed by atoms with E-state index in [2.05, 4.69) is 10.3 Å². The van der Waals surface area contributed by atoms with E-state index in [1.165, 1.54) is 18.2 Å². The molecule has 0 atom stereocenters. The zero-order valence-electron chi connectivity index (χ0n) is 17.2. The van der Waals surface area contributed by atoms with E-state index in [1.54, 1.807) is 36.5 Å². The quantitative estimate of drug-likeness (QED) is 0.443. The third-order valence-electron chi connectivity index (χ3n) is 4.69. The predicted molar refractivity (Wildman–Crippen MR) is 116 cm³/mol. The van der Waals surface area contributed by atoms with Crippen molar-refractivity contribution < 1.29 is 23.5 Å². The van der Waals surface area contributed by atoms with Crippen LogP contribution in [0.2, 0.25) is 0 Å². The molecule has 0 aliphatic carbocycles. The topological polar surface area (TPSA) is 81.9 Å². The number of ether oxygens (including phenoxy) is 2. The first-order valence-corrected chi connectivity index (χ1v) is 9.88. The molecular formula is C24H20FN3O4. The molecule has 162 valence electrons. The van der Waals surface area contributed by atoms with Gasteiger partial charge in [0.05, 0.1) is 11.4 Å². The minimum absolute atomic E-state index is 0.0118. The van der Waals surface area contributed by atoms with Gasteiger partial charge in [-0.15, -0.1) is 0 Å². The second-order valence-corrected chi connectivity index (χ2v) is 7.04. The fourth-order valence-electron chi connectivity index (χ4n) is 3.14. The predicted octanol–water partition coefficient (Wildman–Crippen LogP) is 4.16. The second kappa shape index (κ2) is 9.30. The van der Waals surface area contributed by atoms with Gasteiger partial charge in [0.15, 0.2) is 6.61 Å². The Hall–Kier alpha value is -4.20. The van der Waals surface area contributed by atoms with E-state index in [9.17, 15) is 14.0 Å². The number of nitrogens with zero attached hydrogens (tertiary/aromatic N) is 2. The van der Waals surface area contributed by atoms with E-state index in [0.29, 0.717) is 5.69 Å². The standard InChI is InChI=1S/C24H20FN3O4/c1-16-7-6-12-28-13-17(26-23(16)28)14-32-24(30)18-8-2-5-11-21(18)31-15-22(29)27-20-10-4-3-9-19(20)25/h2-13H,14-15H2,1H3,(H,27,29). The number of pyridine rings is 1. The Kier molecular flexibility index (Phi) is 6.12. The summed E-state index contributed by atoms with van der Waals surface area (Å²) in [5.74, 6) is -1.53. The van der Waals surface area contributed by atoms with Gasteiger partial charge in [-0.2, -0.15) is 0 Å². The van der Waals surface area contributed by atoms with E-state index >= 15 is 0 Å². The van der Waals surface area contributed by atoms with Gasteiger partial charge in [-0.05, 0) is 42.8 Å². The zero-order chi connectivity index (χ0) is 22.5. The Labute approximate surface area is 183 Å². The number of aromatic nitrogens is 2. The molecule has 7 nitrogen and oxygen atoms in total. The highest BCUT2D eigenvalue weighted by molar-refractivity contribution is 5.94. The van der Waals surface area contributed by atoms with E-state index < -0.39 is 24.3 Å². The van der Waals surface area contributed by atoms with Crippen LogP contribution in [0.15, 0.2) is 73.1 Å². The maximum Gasteiger partial charge on any atom is 0.342 e. The average molecular weight is 433 g/mol. The van der Waals surface area contributed by atoms with Crippen molar-refractivity contribution in [2.75, 3.05) is 11.9 Å². The highest BCUT2D eigenvalue weighted by Crippen LogP contribution is 2.20. The van der Waals surface area contributed by atoms with Gasteiger partial charge in [0.25, 0.3) is 5.91 Å². The largest absolute Gasteiger partial charge is 0.483 e. The minimum Gasteiger partial charge on any atom is -0.483 e. The number of benzene rings is 2. The van der Waals surface area contributed by atoms with Crippen LogP contribution in [0.5, 0.6) is 5.75 Å². The number of hydrogen-bond donors (Lipinski definition) is 1. The van der Waals surface area contributed by atoms with Crippen LogP contribution in [-0.4, -0.2) is 27.9 Å². The average Bonchev–Trinajstić information content (AvgIpc) is 3.22. The first kappa shape index (κ1) is 21.0. The number of imidazole rings is 1. The molecule has 0 aliphatic heterocycles. The molecule has 2 aromatic carbocycles. The van der Waals surface area contributed by atoms with Gasteiger partial charge in [-0.1, -0.05) is 30.3 Å². The van der Waals surface area contributed by atoms with Crippen molar-refractivity contribution in [1.82, 2.24) is 9.38 Å². The number of amides is 1. The number of halogens is 1. The molecule has 1 amide bonds. The van der Waals surface area contributed by atoms with E-state index in [4.69, 9.17) is 9.47 Å². The molecule has 0 spiro atoms. The summed E-state index contributed by atoms with van der Waals surface area (Å²) in [6, 6.07) is 16.1. The van der Waals surface area contributed by atoms with Crippen LogP contribution >= 0.6 is 0 Å². The number of anilines is 1. The fourth-order valence-corrected chi connectivity index (χ4v) is 3.14. The Balaban J connectivity index is 1.38. The van der Waals surface area contributed by atoms with Gasteiger partial charge < -0.3 is 19.2 Å². The van der Waals surface area contributed by atoms with Crippen LogP contribution < -0.4 is 10.1 Å². The maximum absolute atomic E-state index is 13.7. The molecule has 0 bridgehead atoms. The third kappa shape index (κ3) is 4.75. The number of hydrogen-bond acceptors (Lipinski definition) is 5. The number of fused-ring (bicyclic) bond motifs is 1. The molecule has 4 aromatic rings. The molecule has 0 radical (unpaired) electrons. The zero-order valence-corrected chi connectivity index (χ0v) is 17.2. The van der Waals surface area contributed by atoms with Crippen LogP contribution in [0.1, 0.15) is 21.6 Å². The first-order valence-electron chi connectivity index (χ1n) is 9.88. The molecule has 1 N–H and O–H groups in total. The Bertz CT molecular complexity index is 1290. The van der Waals surface area contributed by atoms with Crippen LogP contribution in [0.4, 0.5) is 10.1 Å². The molecule has 0 aliphatic rings. The van der Waals surface area contributed by atoms with E-state index in [-0.39, 0.29) is 23.6 Å². The van der Waals surface area contributed by atoms with Gasteiger partial charge in [0.2, 0.25) is 0 Å². The van der Waals surface area contributed by atoms with Crippen LogP contribution in [0.25, 0.3) is 5.65 Å². The molecule has 0 unspecified atom stereocenters. The van der Waals surface area contributed by atoms with Crippen molar-refractivity contribution in [3.8, 4) is 5.75 Å². The summed E-state index contributed by atoms with van der Waals surface area (Å²) in [7, 11) is 0. The fraction of sp³-hybridized carbons (Fsp3) is 0.125. The molecule has 0 saturated carbocycles. The third-order valence-corrected chi connectivity index (χ3v) is 4.69. The number of rotatable bonds is 7. The lowest BCUT2D eigenvalue weighted by Gasteiger charge is -2.11. The summed E-state index contributed by atoms with van der Waals surface area (Å²) in [5.41, 5.74) is 2.64. The van der Waals surface area contributed by atoms with Gasteiger partial charge >= 0.3 is 5.97 Å². The number of carbonyl (C=O) groups excluding carboxylic acids is 2. The van der Waals surface area contributed by atoms with Crippen LogP contribution in [-0.2, 0) is 16.1 Å².